The van der Waals surface area contributed by atoms with Gasteiger partial charge in [-0.05, 0) is 67.4 Å². The number of carbonyl (C=O) groups is 2. The van der Waals surface area contributed by atoms with Gasteiger partial charge in [0, 0.05) is 17.8 Å². The summed E-state index contributed by atoms with van der Waals surface area (Å²) in [4.78, 5) is 31.1. The predicted octanol–water partition coefficient (Wildman–Crippen LogP) is 5.37. The van der Waals surface area contributed by atoms with Crippen molar-refractivity contribution in [2.24, 2.45) is 0 Å². The number of fused-ring (bicyclic) bond motifs is 3. The molecule has 1 aliphatic heterocycles. The molecule has 0 N–H and O–H groups in total. The number of para-hydroxylation sites is 2. The van der Waals surface area contributed by atoms with Crippen molar-refractivity contribution in [1.29, 1.82) is 0 Å². The molecule has 0 saturated heterocycles. The summed E-state index contributed by atoms with van der Waals surface area (Å²) in [5.41, 5.74) is 3.14. The Balaban J connectivity index is 1.46. The molecule has 1 atom stereocenters. The van der Waals surface area contributed by atoms with Gasteiger partial charge in [0.15, 0.2) is 0 Å². The molecule has 2 amide bonds. The number of ether oxygens (including phenoxy) is 2. The molecule has 1 unspecified atom stereocenters. The summed E-state index contributed by atoms with van der Waals surface area (Å²) in [7, 11) is 3.18. The SMILES string of the molecule is COc1ccc(OC)c(C2c3cccn3-c3ccccc3N2C(=O)CN(C(=O)c2ccccc2F)C2CC2)c1. The molecule has 8 heteroatoms. The summed E-state index contributed by atoms with van der Waals surface area (Å²) < 4.78 is 27.9. The van der Waals surface area contributed by atoms with Gasteiger partial charge in [-0.2, -0.15) is 0 Å². The highest BCUT2D eigenvalue weighted by molar-refractivity contribution is 6.03. The molecule has 1 saturated carbocycles. The van der Waals surface area contributed by atoms with Gasteiger partial charge in [-0.3, -0.25) is 14.5 Å². The lowest BCUT2D eigenvalue weighted by atomic mass is 9.96. The standard InChI is InChI=1S/C31H28FN3O4/c1-38-21-15-16-28(39-2)23(18-21)30-27-12-7-17-33(27)25-10-5-6-11-26(25)35(30)29(36)19-34(20-13-14-20)31(37)22-8-3-4-9-24(22)32/h3-12,15-18,20,30H,13-14,19H2,1-2H3. The van der Waals surface area contributed by atoms with Crippen LogP contribution in [0.3, 0.4) is 0 Å². The Morgan fingerprint density at radius 2 is 1.67 bits per heavy atom. The Morgan fingerprint density at radius 3 is 2.38 bits per heavy atom. The molecule has 39 heavy (non-hydrogen) atoms. The van der Waals surface area contributed by atoms with Gasteiger partial charge in [0.1, 0.15) is 29.9 Å². The third kappa shape index (κ3) is 4.31. The van der Waals surface area contributed by atoms with E-state index in [9.17, 15) is 14.0 Å². The first-order chi connectivity index (χ1) is 19.0. The summed E-state index contributed by atoms with van der Waals surface area (Å²) in [6, 6.07) is 22.3. The van der Waals surface area contributed by atoms with Crippen molar-refractivity contribution in [2.45, 2.75) is 24.9 Å². The van der Waals surface area contributed by atoms with Crippen molar-refractivity contribution in [3.63, 3.8) is 0 Å². The molecular formula is C31H28FN3O4. The molecule has 7 nitrogen and oxygen atoms in total. The molecule has 2 aliphatic rings. The van der Waals surface area contributed by atoms with Crippen LogP contribution >= 0.6 is 0 Å². The van der Waals surface area contributed by atoms with Crippen molar-refractivity contribution in [2.75, 3.05) is 25.7 Å². The summed E-state index contributed by atoms with van der Waals surface area (Å²) in [5, 5.41) is 0. The Labute approximate surface area is 226 Å². The number of aromatic nitrogens is 1. The maximum absolute atomic E-state index is 14.6. The highest BCUT2D eigenvalue weighted by Gasteiger charge is 2.41. The number of benzene rings is 3. The van der Waals surface area contributed by atoms with Crippen LogP contribution in [-0.4, -0.2) is 48.1 Å². The third-order valence-corrected chi connectivity index (χ3v) is 7.38. The van der Waals surface area contributed by atoms with Crippen LogP contribution in [0.2, 0.25) is 0 Å². The zero-order valence-corrected chi connectivity index (χ0v) is 21.7. The largest absolute Gasteiger partial charge is 0.497 e. The van der Waals surface area contributed by atoms with Crippen LogP contribution in [0.15, 0.2) is 85.1 Å². The summed E-state index contributed by atoms with van der Waals surface area (Å²) >= 11 is 0. The van der Waals surface area contributed by atoms with Crippen LogP contribution < -0.4 is 14.4 Å². The van der Waals surface area contributed by atoms with Gasteiger partial charge in [-0.1, -0.05) is 24.3 Å². The van der Waals surface area contributed by atoms with E-state index in [1.165, 1.54) is 17.0 Å². The number of rotatable bonds is 7. The first-order valence-electron chi connectivity index (χ1n) is 12.9. The highest BCUT2D eigenvalue weighted by Crippen LogP contribution is 2.45. The Bertz CT molecular complexity index is 1560. The number of halogens is 1. The van der Waals surface area contributed by atoms with E-state index in [1.54, 1.807) is 31.3 Å². The van der Waals surface area contributed by atoms with E-state index in [0.717, 1.165) is 29.8 Å². The minimum absolute atomic E-state index is 0.0314. The number of anilines is 1. The van der Waals surface area contributed by atoms with E-state index in [-0.39, 0.29) is 24.1 Å². The monoisotopic (exact) mass is 525 g/mol. The van der Waals surface area contributed by atoms with Crippen LogP contribution in [0, 0.1) is 5.82 Å². The van der Waals surface area contributed by atoms with Gasteiger partial charge in [0.2, 0.25) is 5.91 Å². The van der Waals surface area contributed by atoms with E-state index < -0.39 is 17.8 Å². The molecule has 1 aromatic heterocycles. The van der Waals surface area contributed by atoms with E-state index in [2.05, 4.69) is 4.57 Å². The molecule has 1 aliphatic carbocycles. The second kappa shape index (κ2) is 9.94. The smallest absolute Gasteiger partial charge is 0.257 e. The first-order valence-corrected chi connectivity index (χ1v) is 12.9. The topological polar surface area (TPSA) is 64.0 Å². The van der Waals surface area contributed by atoms with Crippen molar-refractivity contribution in [3.8, 4) is 17.2 Å². The van der Waals surface area contributed by atoms with Crippen molar-refractivity contribution in [1.82, 2.24) is 9.47 Å². The maximum Gasteiger partial charge on any atom is 0.257 e. The number of carbonyl (C=O) groups excluding carboxylic acids is 2. The lowest BCUT2D eigenvalue weighted by molar-refractivity contribution is -0.119. The molecule has 0 radical (unpaired) electrons. The molecule has 0 spiro atoms. The van der Waals surface area contributed by atoms with E-state index in [0.29, 0.717) is 17.2 Å². The number of amides is 2. The molecule has 2 heterocycles. The number of nitrogens with zero attached hydrogens (tertiary/aromatic N) is 3. The normalized spacial score (nSPS) is 15.8. The van der Waals surface area contributed by atoms with Gasteiger partial charge < -0.3 is 18.9 Å². The molecule has 1 fully saturated rings. The summed E-state index contributed by atoms with van der Waals surface area (Å²) in [6.45, 7) is -0.185. The fourth-order valence-electron chi connectivity index (χ4n) is 5.37. The molecule has 4 aromatic rings. The van der Waals surface area contributed by atoms with Gasteiger partial charge in [-0.15, -0.1) is 0 Å². The molecule has 6 rings (SSSR count). The van der Waals surface area contributed by atoms with Crippen molar-refractivity contribution in [3.05, 3.63) is 108 Å². The van der Waals surface area contributed by atoms with Crippen molar-refractivity contribution < 1.29 is 23.5 Å². The number of hydrogen-bond acceptors (Lipinski definition) is 4. The van der Waals surface area contributed by atoms with Crippen LogP contribution in [0.5, 0.6) is 11.5 Å². The fraction of sp³-hybridized carbons (Fsp3) is 0.226. The van der Waals surface area contributed by atoms with Crippen LogP contribution in [0.1, 0.15) is 40.5 Å². The van der Waals surface area contributed by atoms with Gasteiger partial charge in [-0.25, -0.2) is 4.39 Å². The van der Waals surface area contributed by atoms with Gasteiger partial charge in [0.05, 0.1) is 36.9 Å². The molecule has 198 valence electrons. The molecule has 3 aromatic carbocycles. The average molecular weight is 526 g/mol. The van der Waals surface area contributed by atoms with E-state index >= 15 is 0 Å². The fourth-order valence-corrected chi connectivity index (χ4v) is 5.37. The zero-order valence-electron chi connectivity index (χ0n) is 21.7. The minimum atomic E-state index is -0.597. The Hall–Kier alpha value is -4.59. The average Bonchev–Trinajstić information content (AvgIpc) is 3.69. The highest BCUT2D eigenvalue weighted by atomic mass is 19.1. The predicted molar refractivity (Wildman–Crippen MR) is 145 cm³/mol. The van der Waals surface area contributed by atoms with Crippen molar-refractivity contribution >= 4 is 17.5 Å². The zero-order chi connectivity index (χ0) is 27.1. The maximum atomic E-state index is 14.6. The van der Waals surface area contributed by atoms with Gasteiger partial charge in [0.25, 0.3) is 5.91 Å². The number of hydrogen-bond donors (Lipinski definition) is 0. The first kappa shape index (κ1) is 24.7. The number of methoxy groups -OCH3 is 2. The minimum Gasteiger partial charge on any atom is -0.497 e. The summed E-state index contributed by atoms with van der Waals surface area (Å²) in [6.07, 6.45) is 3.52. The van der Waals surface area contributed by atoms with E-state index in [1.807, 2.05) is 60.8 Å². The second-order valence-electron chi connectivity index (χ2n) is 9.71. The lowest BCUT2D eigenvalue weighted by Crippen LogP contribution is -2.47. The Kier molecular flexibility index (Phi) is 6.30. The van der Waals surface area contributed by atoms with E-state index in [4.69, 9.17) is 9.47 Å². The second-order valence-corrected chi connectivity index (χ2v) is 9.71. The third-order valence-electron chi connectivity index (χ3n) is 7.38. The van der Waals surface area contributed by atoms with Crippen LogP contribution in [0.4, 0.5) is 10.1 Å². The quantitative estimate of drug-likeness (QED) is 0.325. The molecular weight excluding hydrogens is 497 g/mol. The Morgan fingerprint density at radius 1 is 0.923 bits per heavy atom. The molecule has 0 bridgehead atoms. The lowest BCUT2D eigenvalue weighted by Gasteiger charge is -2.40. The van der Waals surface area contributed by atoms with Crippen LogP contribution in [-0.2, 0) is 4.79 Å². The van der Waals surface area contributed by atoms with Crippen LogP contribution in [0.25, 0.3) is 5.69 Å². The summed E-state index contributed by atoms with van der Waals surface area (Å²) in [5.74, 6) is -0.119. The van der Waals surface area contributed by atoms with Gasteiger partial charge >= 0.3 is 0 Å².